The molecule has 7 nitrogen and oxygen atoms in total. The van der Waals surface area contributed by atoms with Crippen molar-refractivity contribution in [2.75, 3.05) is 6.54 Å². The molecule has 0 aliphatic carbocycles. The van der Waals surface area contributed by atoms with Crippen molar-refractivity contribution in [3.63, 3.8) is 0 Å². The average Bonchev–Trinajstić information content (AvgIpc) is 2.65. The molecule has 3 amide bonds. The molecule has 192 valence electrons. The maximum absolute atomic E-state index is 13.9. The maximum Gasteiger partial charge on any atom is 0.408 e. The molecule has 2 N–H and O–H groups in total. The lowest BCUT2D eigenvalue weighted by Gasteiger charge is -2.37. The number of benzene rings is 1. The van der Waals surface area contributed by atoms with Crippen molar-refractivity contribution in [2.45, 2.75) is 105 Å². The molecule has 1 aromatic carbocycles. The molecule has 1 aromatic rings. The molecule has 0 heterocycles. The van der Waals surface area contributed by atoms with Crippen LogP contribution in [0.25, 0.3) is 0 Å². The number of hydrogen-bond acceptors (Lipinski definition) is 4. The summed E-state index contributed by atoms with van der Waals surface area (Å²) in [5.41, 5.74) is 0.588. The number of rotatable bonds is 9. The van der Waals surface area contributed by atoms with Gasteiger partial charge in [0.1, 0.15) is 17.7 Å². The number of ether oxygens (including phenoxy) is 1. The van der Waals surface area contributed by atoms with Crippen LogP contribution in [0.15, 0.2) is 24.3 Å². The maximum atomic E-state index is 13.9. The first-order valence-electron chi connectivity index (χ1n) is 12.2. The van der Waals surface area contributed by atoms with E-state index in [0.29, 0.717) is 6.54 Å². The molecule has 34 heavy (non-hydrogen) atoms. The third-order valence-electron chi connectivity index (χ3n) is 5.06. The Balaban J connectivity index is 3.47. The number of aryl methyl sites for hydroxylation is 1. The first-order chi connectivity index (χ1) is 15.6. The van der Waals surface area contributed by atoms with E-state index in [0.717, 1.165) is 24.0 Å². The van der Waals surface area contributed by atoms with Gasteiger partial charge in [-0.25, -0.2) is 4.79 Å². The highest BCUT2D eigenvalue weighted by molar-refractivity contribution is 5.92. The van der Waals surface area contributed by atoms with E-state index in [4.69, 9.17) is 4.74 Å². The topological polar surface area (TPSA) is 87.7 Å². The van der Waals surface area contributed by atoms with Crippen molar-refractivity contribution in [3.8, 4) is 0 Å². The smallest absolute Gasteiger partial charge is 0.408 e. The number of unbranched alkanes of at least 4 members (excludes halogenated alkanes) is 1. The summed E-state index contributed by atoms with van der Waals surface area (Å²) in [7, 11) is 0. The van der Waals surface area contributed by atoms with Gasteiger partial charge >= 0.3 is 6.09 Å². The summed E-state index contributed by atoms with van der Waals surface area (Å²) >= 11 is 0. The highest BCUT2D eigenvalue weighted by atomic mass is 16.6. The summed E-state index contributed by atoms with van der Waals surface area (Å²) in [6, 6.07) is 6.01. The van der Waals surface area contributed by atoms with Crippen LogP contribution in [0.2, 0.25) is 0 Å². The van der Waals surface area contributed by atoms with Crippen LogP contribution in [-0.2, 0) is 14.3 Å². The van der Waals surface area contributed by atoms with Gasteiger partial charge in [0.05, 0.1) is 0 Å². The Morgan fingerprint density at radius 2 is 1.68 bits per heavy atom. The molecule has 0 radical (unpaired) electrons. The number of nitrogens with one attached hydrogen (secondary N) is 2. The number of hydrogen-bond donors (Lipinski definition) is 2. The normalized spacial score (nSPS) is 13.7. The Labute approximate surface area is 206 Å². The van der Waals surface area contributed by atoms with Crippen molar-refractivity contribution in [2.24, 2.45) is 5.92 Å². The zero-order valence-electron chi connectivity index (χ0n) is 22.7. The molecule has 0 aliphatic rings. The van der Waals surface area contributed by atoms with Gasteiger partial charge in [0.15, 0.2) is 0 Å². The SMILES string of the molecule is CCCCN(C(=O)C(NC(=O)OC(C)(C)C)C(C)C)C(C(=O)NC(C)(C)C)c1cccc(C)c1. The predicted octanol–water partition coefficient (Wildman–Crippen LogP) is 5.13. The van der Waals surface area contributed by atoms with Crippen LogP contribution < -0.4 is 10.6 Å². The van der Waals surface area contributed by atoms with Crippen LogP contribution in [0.1, 0.15) is 92.3 Å². The molecule has 0 saturated heterocycles. The fourth-order valence-corrected chi connectivity index (χ4v) is 3.57. The summed E-state index contributed by atoms with van der Waals surface area (Å²) in [6.45, 7) is 19.2. The fraction of sp³-hybridized carbons (Fsp3) is 0.667. The zero-order valence-corrected chi connectivity index (χ0v) is 22.7. The second kappa shape index (κ2) is 12.2. The van der Waals surface area contributed by atoms with Crippen molar-refractivity contribution in [3.05, 3.63) is 35.4 Å². The van der Waals surface area contributed by atoms with Gasteiger partial charge in [-0.15, -0.1) is 0 Å². The Morgan fingerprint density at radius 3 is 2.15 bits per heavy atom. The van der Waals surface area contributed by atoms with Gasteiger partial charge in [0, 0.05) is 12.1 Å². The number of carbonyl (C=O) groups is 3. The van der Waals surface area contributed by atoms with Gasteiger partial charge in [-0.1, -0.05) is 57.0 Å². The van der Waals surface area contributed by atoms with Crippen LogP contribution in [0, 0.1) is 12.8 Å². The van der Waals surface area contributed by atoms with Crippen LogP contribution in [0.5, 0.6) is 0 Å². The summed E-state index contributed by atoms with van der Waals surface area (Å²) in [5, 5.41) is 5.79. The average molecular weight is 476 g/mol. The molecule has 0 spiro atoms. The monoisotopic (exact) mass is 475 g/mol. The third kappa shape index (κ3) is 9.74. The van der Waals surface area contributed by atoms with Crippen LogP contribution in [0.3, 0.4) is 0 Å². The summed E-state index contributed by atoms with van der Waals surface area (Å²) in [4.78, 5) is 41.7. The van der Waals surface area contributed by atoms with Gasteiger partial charge in [-0.2, -0.15) is 0 Å². The van der Waals surface area contributed by atoms with E-state index >= 15 is 0 Å². The van der Waals surface area contributed by atoms with E-state index in [9.17, 15) is 14.4 Å². The standard InChI is InChI=1S/C27H45N3O4/c1-11-12-16-30(24(32)21(18(2)3)28-25(33)34-27(8,9)10)22(23(31)29-26(5,6)7)20-15-13-14-19(4)17-20/h13-15,17-18,21-22H,11-12,16H2,1-10H3,(H,28,33)(H,29,31). The largest absolute Gasteiger partial charge is 0.444 e. The van der Waals surface area contributed by atoms with E-state index in [1.165, 1.54) is 0 Å². The molecule has 1 rings (SSSR count). The summed E-state index contributed by atoms with van der Waals surface area (Å²) in [5.74, 6) is -0.750. The van der Waals surface area contributed by atoms with Gasteiger partial charge in [-0.05, 0) is 66.4 Å². The molecule has 2 unspecified atom stereocenters. The Morgan fingerprint density at radius 1 is 1.06 bits per heavy atom. The highest BCUT2D eigenvalue weighted by Gasteiger charge is 2.38. The molecule has 0 bridgehead atoms. The van der Waals surface area contributed by atoms with E-state index < -0.39 is 29.3 Å². The second-order valence-corrected chi connectivity index (χ2v) is 11.3. The van der Waals surface area contributed by atoms with Gasteiger partial charge in [0.25, 0.3) is 0 Å². The molecular weight excluding hydrogens is 430 g/mol. The van der Waals surface area contributed by atoms with E-state index in [1.807, 2.05) is 72.7 Å². The Bertz CT molecular complexity index is 837. The molecule has 0 aromatic heterocycles. The van der Waals surface area contributed by atoms with Gasteiger partial charge < -0.3 is 20.3 Å². The number of alkyl carbamates (subject to hydrolysis) is 1. The third-order valence-corrected chi connectivity index (χ3v) is 5.06. The molecule has 0 fully saturated rings. The fourth-order valence-electron chi connectivity index (χ4n) is 3.57. The van der Waals surface area contributed by atoms with Gasteiger partial charge in [0.2, 0.25) is 11.8 Å². The lowest BCUT2D eigenvalue weighted by molar-refractivity contribution is -0.144. The summed E-state index contributed by atoms with van der Waals surface area (Å²) < 4.78 is 5.40. The number of amides is 3. The Kier molecular flexibility index (Phi) is 10.6. The molecule has 0 saturated carbocycles. The van der Waals surface area contributed by atoms with E-state index in [-0.39, 0.29) is 17.7 Å². The van der Waals surface area contributed by atoms with Crippen LogP contribution >= 0.6 is 0 Å². The first kappa shape index (κ1) is 29.5. The van der Waals surface area contributed by atoms with Crippen LogP contribution in [0.4, 0.5) is 4.79 Å². The molecular formula is C27H45N3O4. The molecule has 2 atom stereocenters. The first-order valence-corrected chi connectivity index (χ1v) is 12.2. The lowest BCUT2D eigenvalue weighted by atomic mass is 9.96. The van der Waals surface area contributed by atoms with E-state index in [1.54, 1.807) is 25.7 Å². The predicted molar refractivity (Wildman–Crippen MR) is 136 cm³/mol. The van der Waals surface area contributed by atoms with Crippen molar-refractivity contribution < 1.29 is 19.1 Å². The van der Waals surface area contributed by atoms with Gasteiger partial charge in [-0.3, -0.25) is 9.59 Å². The quantitative estimate of drug-likeness (QED) is 0.518. The minimum atomic E-state index is -0.832. The van der Waals surface area contributed by atoms with Crippen molar-refractivity contribution in [1.82, 2.24) is 15.5 Å². The Hall–Kier alpha value is -2.57. The molecule has 7 heteroatoms. The highest BCUT2D eigenvalue weighted by Crippen LogP contribution is 2.26. The van der Waals surface area contributed by atoms with E-state index in [2.05, 4.69) is 10.6 Å². The minimum absolute atomic E-state index is 0.201. The number of nitrogens with zero attached hydrogens (tertiary/aromatic N) is 1. The summed E-state index contributed by atoms with van der Waals surface area (Å²) in [6.07, 6.45) is 0.937. The van der Waals surface area contributed by atoms with Crippen molar-refractivity contribution >= 4 is 17.9 Å². The second-order valence-electron chi connectivity index (χ2n) is 11.3. The minimum Gasteiger partial charge on any atom is -0.444 e. The number of carbonyl (C=O) groups excluding carboxylic acids is 3. The lowest BCUT2D eigenvalue weighted by Crippen LogP contribution is -2.56. The van der Waals surface area contributed by atoms with Crippen LogP contribution in [-0.4, -0.2) is 46.5 Å². The molecule has 0 aliphatic heterocycles. The van der Waals surface area contributed by atoms with Crippen molar-refractivity contribution in [1.29, 1.82) is 0 Å². The zero-order chi connectivity index (χ0) is 26.3.